The standard InChI is InChI=1S/C16H11F2N3O/c17-12-4-1-8(5-13(12)18)15-10-3-2-9(20)6-14(10)22-16(21)11(15)7-19/h1-6,15H,20-21H2/t15-/m0/s1. The van der Waals surface area contributed by atoms with Crippen molar-refractivity contribution in [2.45, 2.75) is 5.92 Å². The van der Waals surface area contributed by atoms with Crippen molar-refractivity contribution in [3.05, 3.63) is 70.6 Å². The summed E-state index contributed by atoms with van der Waals surface area (Å²) in [6, 6.07) is 10.4. The molecule has 1 heterocycles. The fourth-order valence-electron chi connectivity index (χ4n) is 2.51. The molecule has 0 unspecified atom stereocenters. The molecule has 0 spiro atoms. The SMILES string of the molecule is N#CC1=C(N)Oc2cc(N)ccc2[C@@H]1c1ccc(F)c(F)c1. The monoisotopic (exact) mass is 299 g/mol. The van der Waals surface area contributed by atoms with Gasteiger partial charge in [0.15, 0.2) is 11.6 Å². The summed E-state index contributed by atoms with van der Waals surface area (Å²) in [5.74, 6) is -2.26. The molecule has 2 aromatic carbocycles. The number of hydrogen-bond donors (Lipinski definition) is 2. The van der Waals surface area contributed by atoms with Crippen LogP contribution in [0.25, 0.3) is 0 Å². The highest BCUT2D eigenvalue weighted by atomic mass is 19.2. The Morgan fingerprint density at radius 2 is 1.82 bits per heavy atom. The van der Waals surface area contributed by atoms with Gasteiger partial charge in [-0.1, -0.05) is 12.1 Å². The molecule has 0 aromatic heterocycles. The summed E-state index contributed by atoms with van der Waals surface area (Å²) in [4.78, 5) is 0. The summed E-state index contributed by atoms with van der Waals surface area (Å²) in [5.41, 5.74) is 13.1. The third kappa shape index (κ3) is 2.13. The molecule has 0 radical (unpaired) electrons. The van der Waals surface area contributed by atoms with E-state index in [1.54, 1.807) is 18.2 Å². The predicted octanol–water partition coefficient (Wildman–Crippen LogP) is 2.77. The molecular formula is C16H11F2N3O. The summed E-state index contributed by atoms with van der Waals surface area (Å²) in [7, 11) is 0. The molecule has 110 valence electrons. The minimum Gasteiger partial charge on any atom is -0.440 e. The number of fused-ring (bicyclic) bond motifs is 1. The quantitative estimate of drug-likeness (QED) is 0.793. The first kappa shape index (κ1) is 13.9. The van der Waals surface area contributed by atoms with Gasteiger partial charge in [0.05, 0.1) is 5.92 Å². The van der Waals surface area contributed by atoms with E-state index in [0.29, 0.717) is 22.6 Å². The summed E-state index contributed by atoms with van der Waals surface area (Å²) < 4.78 is 32.1. The maximum Gasteiger partial charge on any atom is 0.205 e. The molecular weight excluding hydrogens is 288 g/mol. The molecule has 0 bridgehead atoms. The summed E-state index contributed by atoms with van der Waals surface area (Å²) in [6.07, 6.45) is 0. The van der Waals surface area contributed by atoms with Crippen LogP contribution in [0.1, 0.15) is 17.0 Å². The highest BCUT2D eigenvalue weighted by molar-refractivity contribution is 5.59. The molecule has 4 N–H and O–H groups in total. The molecule has 4 nitrogen and oxygen atoms in total. The van der Waals surface area contributed by atoms with E-state index >= 15 is 0 Å². The van der Waals surface area contributed by atoms with Gasteiger partial charge in [-0.2, -0.15) is 5.26 Å². The number of nitriles is 1. The van der Waals surface area contributed by atoms with Gasteiger partial charge in [-0.3, -0.25) is 0 Å². The number of nitrogens with two attached hydrogens (primary N) is 2. The van der Waals surface area contributed by atoms with Gasteiger partial charge in [-0.15, -0.1) is 0 Å². The van der Waals surface area contributed by atoms with E-state index in [1.807, 2.05) is 6.07 Å². The van der Waals surface area contributed by atoms with Gasteiger partial charge in [-0.05, 0) is 23.8 Å². The minimum absolute atomic E-state index is 0.0738. The van der Waals surface area contributed by atoms with Crippen molar-refractivity contribution in [1.29, 1.82) is 5.26 Å². The first-order valence-electron chi connectivity index (χ1n) is 6.43. The highest BCUT2D eigenvalue weighted by Gasteiger charge is 2.31. The topological polar surface area (TPSA) is 85.1 Å². The lowest BCUT2D eigenvalue weighted by Gasteiger charge is -2.26. The third-order valence-electron chi connectivity index (χ3n) is 3.52. The normalized spacial score (nSPS) is 16.7. The average Bonchev–Trinajstić information content (AvgIpc) is 2.48. The number of halogens is 2. The van der Waals surface area contributed by atoms with Crippen LogP contribution in [0.2, 0.25) is 0 Å². The van der Waals surface area contributed by atoms with Gasteiger partial charge < -0.3 is 16.2 Å². The van der Waals surface area contributed by atoms with Crippen LogP contribution >= 0.6 is 0 Å². The van der Waals surface area contributed by atoms with Crippen molar-refractivity contribution < 1.29 is 13.5 Å². The average molecular weight is 299 g/mol. The molecule has 0 aliphatic carbocycles. The molecule has 6 heteroatoms. The molecule has 0 amide bonds. The number of hydrogen-bond acceptors (Lipinski definition) is 4. The second-order valence-electron chi connectivity index (χ2n) is 4.90. The van der Waals surface area contributed by atoms with Crippen LogP contribution in [0.5, 0.6) is 5.75 Å². The molecule has 1 atom stereocenters. The van der Waals surface area contributed by atoms with Gasteiger partial charge >= 0.3 is 0 Å². The Kier molecular flexibility index (Phi) is 3.18. The van der Waals surface area contributed by atoms with E-state index in [2.05, 4.69) is 0 Å². The number of rotatable bonds is 1. The zero-order valence-corrected chi connectivity index (χ0v) is 11.3. The molecule has 0 saturated carbocycles. The summed E-state index contributed by atoms with van der Waals surface area (Å²) in [6.45, 7) is 0. The Bertz CT molecular complexity index is 840. The fourth-order valence-corrected chi connectivity index (χ4v) is 2.51. The van der Waals surface area contributed by atoms with Gasteiger partial charge in [0.25, 0.3) is 0 Å². The van der Waals surface area contributed by atoms with E-state index in [1.165, 1.54) is 6.07 Å². The number of anilines is 1. The maximum atomic E-state index is 13.5. The van der Waals surface area contributed by atoms with E-state index < -0.39 is 17.6 Å². The lowest BCUT2D eigenvalue weighted by Crippen LogP contribution is -2.21. The van der Waals surface area contributed by atoms with Crippen LogP contribution in [0.15, 0.2) is 47.9 Å². The van der Waals surface area contributed by atoms with Crippen molar-refractivity contribution in [3.63, 3.8) is 0 Å². The Labute approximate surface area is 125 Å². The number of allylic oxidation sites excluding steroid dienone is 1. The third-order valence-corrected chi connectivity index (χ3v) is 3.52. The minimum atomic E-state index is -0.989. The first-order valence-corrected chi connectivity index (χ1v) is 6.43. The second kappa shape index (κ2) is 5.04. The number of ether oxygens (including phenoxy) is 1. The lowest BCUT2D eigenvalue weighted by molar-refractivity contribution is 0.393. The number of nitrogen functional groups attached to an aromatic ring is 1. The Morgan fingerprint density at radius 3 is 2.50 bits per heavy atom. The predicted molar refractivity (Wildman–Crippen MR) is 76.5 cm³/mol. The molecule has 22 heavy (non-hydrogen) atoms. The van der Waals surface area contributed by atoms with Crippen LogP contribution in [-0.4, -0.2) is 0 Å². The molecule has 2 aromatic rings. The van der Waals surface area contributed by atoms with Crippen LogP contribution in [0.4, 0.5) is 14.5 Å². The van der Waals surface area contributed by atoms with Crippen LogP contribution < -0.4 is 16.2 Å². The smallest absolute Gasteiger partial charge is 0.205 e. The van der Waals surface area contributed by atoms with Crippen LogP contribution in [0, 0.1) is 23.0 Å². The van der Waals surface area contributed by atoms with E-state index in [0.717, 1.165) is 12.1 Å². The largest absolute Gasteiger partial charge is 0.440 e. The van der Waals surface area contributed by atoms with E-state index in [-0.39, 0.29) is 11.5 Å². The highest BCUT2D eigenvalue weighted by Crippen LogP contribution is 2.42. The molecule has 1 aliphatic heterocycles. The Balaban J connectivity index is 2.23. The molecule has 1 aliphatic rings. The van der Waals surface area contributed by atoms with Gasteiger partial charge in [-0.25, -0.2) is 8.78 Å². The van der Waals surface area contributed by atoms with Crippen LogP contribution in [-0.2, 0) is 0 Å². The van der Waals surface area contributed by atoms with Gasteiger partial charge in [0.1, 0.15) is 17.4 Å². The van der Waals surface area contributed by atoms with Gasteiger partial charge in [0.2, 0.25) is 5.88 Å². The van der Waals surface area contributed by atoms with E-state index in [9.17, 15) is 14.0 Å². The number of nitrogens with zero attached hydrogens (tertiary/aromatic N) is 1. The second-order valence-corrected chi connectivity index (χ2v) is 4.90. The van der Waals surface area contributed by atoms with Crippen molar-refractivity contribution >= 4 is 5.69 Å². The van der Waals surface area contributed by atoms with Crippen molar-refractivity contribution in [1.82, 2.24) is 0 Å². The van der Waals surface area contributed by atoms with Crippen LogP contribution in [0.3, 0.4) is 0 Å². The van der Waals surface area contributed by atoms with Crippen molar-refractivity contribution in [2.75, 3.05) is 5.73 Å². The fraction of sp³-hybridized carbons (Fsp3) is 0.0625. The maximum absolute atomic E-state index is 13.5. The Morgan fingerprint density at radius 1 is 1.05 bits per heavy atom. The molecule has 0 saturated heterocycles. The summed E-state index contributed by atoms with van der Waals surface area (Å²) in [5, 5.41) is 9.34. The molecule has 3 rings (SSSR count). The van der Waals surface area contributed by atoms with E-state index in [4.69, 9.17) is 16.2 Å². The zero-order chi connectivity index (χ0) is 15.9. The Hall–Kier alpha value is -3.07. The first-order chi connectivity index (χ1) is 10.5. The summed E-state index contributed by atoms with van der Waals surface area (Å²) >= 11 is 0. The molecule has 0 fully saturated rings. The van der Waals surface area contributed by atoms with Crippen molar-refractivity contribution in [2.24, 2.45) is 5.73 Å². The van der Waals surface area contributed by atoms with Gasteiger partial charge in [0, 0.05) is 17.3 Å². The lowest BCUT2D eigenvalue weighted by atomic mass is 9.83. The number of benzene rings is 2. The zero-order valence-electron chi connectivity index (χ0n) is 11.3. The van der Waals surface area contributed by atoms with Crippen molar-refractivity contribution in [3.8, 4) is 11.8 Å².